The Morgan fingerprint density at radius 2 is 0.385 bits per heavy atom. The molecule has 0 aliphatic rings. The summed E-state index contributed by atoms with van der Waals surface area (Å²) in [4.78, 5) is 0. The van der Waals surface area contributed by atoms with Crippen molar-refractivity contribution in [2.75, 3.05) is 0 Å². The minimum atomic E-state index is -9.67. The molecule has 0 saturated carbocycles. The molecule has 0 saturated heterocycles. The van der Waals surface area contributed by atoms with Crippen LogP contribution in [0, 0.1) is 87.3 Å². The van der Waals surface area contributed by atoms with Crippen molar-refractivity contribution in [2.45, 2.75) is 0 Å². The summed E-state index contributed by atoms with van der Waals surface area (Å²) in [7, 11) is -9.67. The Morgan fingerprint density at radius 3 is 0.538 bits per heavy atom. The quantitative estimate of drug-likeness (QED) is 0.120. The third kappa shape index (κ3) is 4.80. The second kappa shape index (κ2) is 9.49. The summed E-state index contributed by atoms with van der Waals surface area (Å²) in [6.45, 7) is 0. The summed E-state index contributed by atoms with van der Waals surface area (Å²) >= 11 is 0. The maximum absolute atomic E-state index is 15.5. The van der Waals surface area contributed by atoms with Gasteiger partial charge in [0, 0.05) is 0 Å². The second-order valence-electron chi connectivity index (χ2n) is 6.67. The van der Waals surface area contributed by atoms with E-state index in [1.54, 1.807) is 0 Å². The third-order valence-electron chi connectivity index (χ3n) is 4.21. The normalized spacial score (nSPS) is 12.8. The minimum absolute atomic E-state index is 3.04. The average Bonchev–Trinajstić information content (AvgIpc) is 2.89. The van der Waals surface area contributed by atoms with Crippen LogP contribution in [0.4, 0.5) is 74.3 Å². The summed E-state index contributed by atoms with van der Waals surface area (Å²) in [5, 5.41) is 0. The predicted molar refractivity (Wildman–Crippen MR) is 89.7 cm³/mol. The average molecular weight is 618 g/mol. The molecule has 0 unspecified atom stereocenters. The van der Waals surface area contributed by atoms with Crippen molar-refractivity contribution in [3.8, 4) is 17.2 Å². The monoisotopic (exact) mass is 618 g/mol. The van der Waals surface area contributed by atoms with Gasteiger partial charge in [-0.3, -0.25) is 0 Å². The van der Waals surface area contributed by atoms with Gasteiger partial charge in [0.2, 0.25) is 0 Å². The van der Waals surface area contributed by atoms with Crippen molar-refractivity contribution < 1.29 is 87.8 Å². The van der Waals surface area contributed by atoms with E-state index in [1.165, 1.54) is 0 Å². The van der Waals surface area contributed by atoms with Gasteiger partial charge in [-0.2, -0.15) is 0 Å². The van der Waals surface area contributed by atoms with E-state index in [9.17, 15) is 65.9 Å². The predicted octanol–water partition coefficient (Wildman–Crippen LogP) is 8.38. The molecule has 3 rings (SSSR count). The van der Waals surface area contributed by atoms with E-state index in [0.29, 0.717) is 0 Å². The van der Waals surface area contributed by atoms with E-state index < -0.39 is 112 Å². The standard InChI is InChI=1S/C18F17O3P/c19-1-4(22)10(28)16(11(29)5(1)23)36-39(34,35,37-17-12(30)6(24)2(20)7(25)13(17)31)38-18-14(32)8(26)3(21)9(27)15(18)33. The fourth-order valence-corrected chi connectivity index (χ4v) is 3.94. The van der Waals surface area contributed by atoms with Crippen LogP contribution in [0.1, 0.15) is 0 Å². The molecule has 0 fully saturated rings. The fourth-order valence-electron chi connectivity index (χ4n) is 2.48. The third-order valence-corrected chi connectivity index (χ3v) is 5.62. The van der Waals surface area contributed by atoms with Gasteiger partial charge >= 0.3 is 200 Å². The summed E-state index contributed by atoms with van der Waals surface area (Å²) < 4.78 is 244. The van der Waals surface area contributed by atoms with Crippen LogP contribution in [0.25, 0.3) is 0 Å². The number of hydrogen-bond donors (Lipinski definition) is 0. The van der Waals surface area contributed by atoms with E-state index in [1.807, 2.05) is 0 Å². The van der Waals surface area contributed by atoms with Crippen molar-refractivity contribution in [3.05, 3.63) is 87.3 Å². The Morgan fingerprint density at radius 1 is 0.256 bits per heavy atom. The first-order chi connectivity index (χ1) is 17.7. The Kier molecular flexibility index (Phi) is 7.27. The molecule has 3 aromatic rings. The summed E-state index contributed by atoms with van der Waals surface area (Å²) in [6.07, 6.45) is 0. The molecule has 0 aromatic heterocycles. The van der Waals surface area contributed by atoms with Crippen LogP contribution < -0.4 is 13.6 Å². The van der Waals surface area contributed by atoms with Crippen LogP contribution in [-0.2, 0) is 0 Å². The zero-order valence-electron chi connectivity index (χ0n) is 17.1. The van der Waals surface area contributed by atoms with E-state index in [0.717, 1.165) is 0 Å². The van der Waals surface area contributed by atoms with Crippen LogP contribution in [0.15, 0.2) is 0 Å². The van der Waals surface area contributed by atoms with Gasteiger partial charge in [0.25, 0.3) is 0 Å². The summed E-state index contributed by atoms with van der Waals surface area (Å²) in [6, 6.07) is 0. The van der Waals surface area contributed by atoms with Crippen LogP contribution in [-0.4, -0.2) is 0 Å². The molecule has 0 heterocycles. The second-order valence-corrected chi connectivity index (χ2v) is 8.62. The Bertz CT molecular complexity index is 1280. The van der Waals surface area contributed by atoms with E-state index in [4.69, 9.17) is 0 Å². The van der Waals surface area contributed by atoms with Gasteiger partial charge in [0.05, 0.1) is 0 Å². The SMILES string of the molecule is Fc1c(F)c(F)c(OP(F)(F)(Oc2c(F)c(F)c(F)c(F)c2F)Oc2c(F)c(F)c(F)c(F)c2F)c(F)c1F. The van der Waals surface area contributed by atoms with Crippen LogP contribution in [0.2, 0.25) is 0 Å². The van der Waals surface area contributed by atoms with E-state index >= 15 is 8.39 Å². The molecule has 0 N–H and O–H groups in total. The molecular formula is C18F17O3P. The van der Waals surface area contributed by atoms with E-state index in [-0.39, 0.29) is 0 Å². The molecule has 0 aliphatic heterocycles. The fraction of sp³-hybridized carbons (Fsp3) is 0. The number of benzene rings is 3. The van der Waals surface area contributed by atoms with Crippen molar-refractivity contribution in [1.29, 1.82) is 0 Å². The molecule has 0 amide bonds. The first-order valence-electron chi connectivity index (χ1n) is 8.83. The van der Waals surface area contributed by atoms with Gasteiger partial charge in [-0.25, -0.2) is 0 Å². The van der Waals surface area contributed by atoms with E-state index in [2.05, 4.69) is 13.6 Å². The van der Waals surface area contributed by atoms with Gasteiger partial charge in [0.1, 0.15) is 0 Å². The Balaban J connectivity index is 2.38. The molecule has 0 radical (unpaired) electrons. The van der Waals surface area contributed by atoms with Gasteiger partial charge < -0.3 is 0 Å². The molecular weight excluding hydrogens is 618 g/mol. The van der Waals surface area contributed by atoms with Crippen molar-refractivity contribution in [1.82, 2.24) is 0 Å². The van der Waals surface area contributed by atoms with Crippen molar-refractivity contribution >= 4 is 7.91 Å². The zero-order valence-corrected chi connectivity index (χ0v) is 18.0. The summed E-state index contributed by atoms with van der Waals surface area (Å²) in [5.74, 6) is -57.6. The topological polar surface area (TPSA) is 27.7 Å². The van der Waals surface area contributed by atoms with Gasteiger partial charge in [0.15, 0.2) is 0 Å². The van der Waals surface area contributed by atoms with Crippen molar-refractivity contribution in [3.63, 3.8) is 0 Å². The van der Waals surface area contributed by atoms with Gasteiger partial charge in [-0.15, -0.1) is 0 Å². The van der Waals surface area contributed by atoms with Crippen LogP contribution >= 0.6 is 7.91 Å². The molecule has 214 valence electrons. The first kappa shape index (κ1) is 29.9. The molecule has 0 bridgehead atoms. The van der Waals surface area contributed by atoms with Gasteiger partial charge in [-0.05, 0) is 0 Å². The maximum atomic E-state index is 15.5. The summed E-state index contributed by atoms with van der Waals surface area (Å²) in [5.41, 5.74) is 0. The van der Waals surface area contributed by atoms with Gasteiger partial charge in [-0.1, -0.05) is 0 Å². The number of rotatable bonds is 6. The molecule has 3 aromatic carbocycles. The molecule has 3 nitrogen and oxygen atoms in total. The Labute approximate surface area is 201 Å². The molecule has 0 atom stereocenters. The molecule has 21 heteroatoms. The van der Waals surface area contributed by atoms with Crippen LogP contribution in [0.3, 0.4) is 0 Å². The molecule has 0 spiro atoms. The molecule has 0 aliphatic carbocycles. The first-order valence-corrected chi connectivity index (χ1v) is 10.6. The number of halogens is 17. The zero-order chi connectivity index (χ0) is 30.0. The van der Waals surface area contributed by atoms with Crippen LogP contribution in [0.5, 0.6) is 17.2 Å². The number of hydrogen-bond acceptors (Lipinski definition) is 3. The molecule has 39 heavy (non-hydrogen) atoms. The van der Waals surface area contributed by atoms with Crippen molar-refractivity contribution in [2.24, 2.45) is 0 Å². The Hall–Kier alpha value is -3.70.